The van der Waals surface area contributed by atoms with Crippen LogP contribution in [0.3, 0.4) is 0 Å². The predicted molar refractivity (Wildman–Crippen MR) is 70.8 cm³/mol. The van der Waals surface area contributed by atoms with Crippen molar-refractivity contribution in [2.75, 3.05) is 0 Å². The van der Waals surface area contributed by atoms with Crippen LogP contribution in [0.15, 0.2) is 15.2 Å². The molecule has 0 aromatic carbocycles. The van der Waals surface area contributed by atoms with Crippen molar-refractivity contribution in [2.45, 2.75) is 33.7 Å². The smallest absolute Gasteiger partial charge is 0.252 e. The lowest BCUT2D eigenvalue weighted by atomic mass is 10.0. The van der Waals surface area contributed by atoms with E-state index in [9.17, 15) is 4.79 Å². The van der Waals surface area contributed by atoms with Gasteiger partial charge in [0.15, 0.2) is 0 Å². The van der Waals surface area contributed by atoms with Crippen molar-refractivity contribution in [3.05, 3.63) is 20.8 Å². The van der Waals surface area contributed by atoms with Gasteiger partial charge in [-0.1, -0.05) is 27.7 Å². The second-order valence-corrected chi connectivity index (χ2v) is 7.78. The van der Waals surface area contributed by atoms with Crippen LogP contribution in [0, 0.1) is 10.8 Å². The fraction of sp³-hybridized carbons (Fsp3) is 0.583. The number of thiophene rings is 1. The van der Waals surface area contributed by atoms with Gasteiger partial charge in [-0.15, -0.1) is 11.3 Å². The van der Waals surface area contributed by atoms with Crippen LogP contribution in [-0.2, 0) is 0 Å². The van der Waals surface area contributed by atoms with E-state index < -0.39 is 0 Å². The highest BCUT2D eigenvalue weighted by Crippen LogP contribution is 2.62. The van der Waals surface area contributed by atoms with Crippen LogP contribution in [0.4, 0.5) is 0 Å². The maximum absolute atomic E-state index is 12.0. The Morgan fingerprint density at radius 1 is 1.38 bits per heavy atom. The Hall–Kier alpha value is -0.350. The standard InChI is InChI=1S/C12H16BrNOS/c1-11(2)10(12(11,3)4)14-9(15)7-5-8(13)16-6-7/h5-6,10H,1-4H3,(H,14,15). The molecule has 1 amide bonds. The van der Waals surface area contributed by atoms with Gasteiger partial charge < -0.3 is 5.32 Å². The largest absolute Gasteiger partial charge is 0.348 e. The first-order valence-corrected chi connectivity index (χ1v) is 6.99. The number of hydrogen-bond donors (Lipinski definition) is 1. The Morgan fingerprint density at radius 2 is 1.94 bits per heavy atom. The summed E-state index contributed by atoms with van der Waals surface area (Å²) in [6.07, 6.45) is 0. The van der Waals surface area contributed by atoms with E-state index in [0.29, 0.717) is 0 Å². The molecule has 0 atom stereocenters. The summed E-state index contributed by atoms with van der Waals surface area (Å²) in [6, 6.07) is 2.13. The maximum Gasteiger partial charge on any atom is 0.252 e. The Labute approximate surface area is 109 Å². The Morgan fingerprint density at radius 3 is 2.31 bits per heavy atom. The highest BCUT2D eigenvalue weighted by molar-refractivity contribution is 9.11. The maximum atomic E-state index is 12.0. The number of carbonyl (C=O) groups is 1. The third kappa shape index (κ3) is 1.72. The normalized spacial score (nSPS) is 21.8. The third-order valence-corrected chi connectivity index (χ3v) is 5.63. The van der Waals surface area contributed by atoms with Gasteiger partial charge in [0.1, 0.15) is 0 Å². The minimum absolute atomic E-state index is 0.0330. The Bertz CT molecular complexity index is 422. The highest BCUT2D eigenvalue weighted by atomic mass is 79.9. The first kappa shape index (κ1) is 12.1. The molecule has 1 N–H and O–H groups in total. The molecule has 1 aliphatic carbocycles. The SMILES string of the molecule is CC1(C)C(NC(=O)c2csc(Br)c2)C1(C)C. The molecule has 1 aromatic rings. The van der Waals surface area contributed by atoms with Gasteiger partial charge in [0.05, 0.1) is 9.35 Å². The molecular weight excluding hydrogens is 286 g/mol. The second kappa shape index (κ2) is 3.57. The minimum Gasteiger partial charge on any atom is -0.348 e. The molecule has 0 unspecified atom stereocenters. The average molecular weight is 302 g/mol. The summed E-state index contributed by atoms with van der Waals surface area (Å²) in [6.45, 7) is 8.78. The van der Waals surface area contributed by atoms with Gasteiger partial charge >= 0.3 is 0 Å². The van der Waals surface area contributed by atoms with Crippen LogP contribution in [0.1, 0.15) is 38.1 Å². The first-order valence-electron chi connectivity index (χ1n) is 5.31. The zero-order chi connectivity index (χ0) is 12.1. The van der Waals surface area contributed by atoms with E-state index in [1.54, 1.807) is 0 Å². The van der Waals surface area contributed by atoms with Crippen LogP contribution in [0.5, 0.6) is 0 Å². The van der Waals surface area contributed by atoms with Crippen LogP contribution >= 0.6 is 27.3 Å². The molecule has 2 nitrogen and oxygen atoms in total. The van der Waals surface area contributed by atoms with E-state index >= 15 is 0 Å². The Balaban J connectivity index is 2.06. The van der Waals surface area contributed by atoms with Crippen LogP contribution in [-0.4, -0.2) is 11.9 Å². The molecule has 1 aromatic heterocycles. The van der Waals surface area contributed by atoms with Gasteiger partial charge in [0.25, 0.3) is 5.91 Å². The van der Waals surface area contributed by atoms with E-state index in [0.717, 1.165) is 9.35 Å². The van der Waals surface area contributed by atoms with Crippen molar-refractivity contribution in [3.8, 4) is 0 Å². The van der Waals surface area contributed by atoms with Crippen LogP contribution < -0.4 is 5.32 Å². The van der Waals surface area contributed by atoms with E-state index in [1.165, 1.54) is 11.3 Å². The quantitative estimate of drug-likeness (QED) is 0.887. The molecule has 16 heavy (non-hydrogen) atoms. The zero-order valence-electron chi connectivity index (χ0n) is 9.93. The molecule has 88 valence electrons. The van der Waals surface area contributed by atoms with E-state index in [1.807, 2.05) is 11.4 Å². The fourth-order valence-electron chi connectivity index (χ4n) is 2.20. The van der Waals surface area contributed by atoms with Crippen molar-refractivity contribution in [2.24, 2.45) is 10.8 Å². The molecule has 1 fully saturated rings. The lowest BCUT2D eigenvalue weighted by Crippen LogP contribution is -2.29. The van der Waals surface area contributed by atoms with Gasteiger partial charge in [-0.3, -0.25) is 4.79 Å². The molecule has 1 heterocycles. The number of hydrogen-bond acceptors (Lipinski definition) is 2. The second-order valence-electron chi connectivity index (χ2n) is 5.49. The number of carbonyl (C=O) groups excluding carboxylic acids is 1. The number of halogens is 1. The fourth-order valence-corrected chi connectivity index (χ4v) is 3.34. The predicted octanol–water partition coefficient (Wildman–Crippen LogP) is 3.68. The molecular formula is C12H16BrNOS. The molecule has 0 saturated heterocycles. The molecule has 0 aliphatic heterocycles. The molecule has 2 rings (SSSR count). The number of amides is 1. The zero-order valence-corrected chi connectivity index (χ0v) is 12.3. The summed E-state index contributed by atoms with van der Waals surface area (Å²) in [5.41, 5.74) is 1.13. The van der Waals surface area contributed by atoms with Gasteiger partial charge in [-0.2, -0.15) is 0 Å². The van der Waals surface area contributed by atoms with Gasteiger partial charge in [0.2, 0.25) is 0 Å². The number of rotatable bonds is 2. The topological polar surface area (TPSA) is 29.1 Å². The summed E-state index contributed by atoms with van der Waals surface area (Å²) in [5.74, 6) is 0.0330. The molecule has 0 radical (unpaired) electrons. The van der Waals surface area contributed by atoms with E-state index in [-0.39, 0.29) is 22.8 Å². The van der Waals surface area contributed by atoms with E-state index in [2.05, 4.69) is 48.9 Å². The van der Waals surface area contributed by atoms with Crippen molar-refractivity contribution >= 4 is 33.2 Å². The lowest BCUT2D eigenvalue weighted by molar-refractivity contribution is 0.0944. The van der Waals surface area contributed by atoms with Crippen molar-refractivity contribution in [1.29, 1.82) is 0 Å². The first-order chi connectivity index (χ1) is 7.26. The molecule has 0 spiro atoms. The molecule has 1 aliphatic rings. The third-order valence-electron chi connectivity index (χ3n) is 4.13. The Kier molecular flexibility index (Phi) is 2.70. The summed E-state index contributed by atoms with van der Waals surface area (Å²) < 4.78 is 0.993. The molecule has 4 heteroatoms. The summed E-state index contributed by atoms with van der Waals surface area (Å²) in [4.78, 5) is 12.0. The minimum atomic E-state index is 0.0330. The van der Waals surface area contributed by atoms with Crippen molar-refractivity contribution < 1.29 is 4.79 Å². The van der Waals surface area contributed by atoms with Gasteiger partial charge in [-0.05, 0) is 32.8 Å². The van der Waals surface area contributed by atoms with Gasteiger partial charge in [-0.25, -0.2) is 0 Å². The van der Waals surface area contributed by atoms with Crippen molar-refractivity contribution in [1.82, 2.24) is 5.32 Å². The summed E-state index contributed by atoms with van der Waals surface area (Å²) >= 11 is 4.90. The molecule has 1 saturated carbocycles. The average Bonchev–Trinajstić information content (AvgIpc) is 2.58. The van der Waals surface area contributed by atoms with E-state index in [4.69, 9.17) is 0 Å². The summed E-state index contributed by atoms with van der Waals surface area (Å²) in [5, 5.41) is 4.99. The molecule has 0 bridgehead atoms. The van der Waals surface area contributed by atoms with Gasteiger partial charge in [0, 0.05) is 11.4 Å². The van der Waals surface area contributed by atoms with Crippen LogP contribution in [0.25, 0.3) is 0 Å². The lowest BCUT2D eigenvalue weighted by Gasteiger charge is -2.04. The summed E-state index contributed by atoms with van der Waals surface area (Å²) in [7, 11) is 0. The van der Waals surface area contributed by atoms with Crippen LogP contribution in [0.2, 0.25) is 0 Å². The monoisotopic (exact) mass is 301 g/mol. The highest BCUT2D eigenvalue weighted by Gasteiger charge is 2.65. The number of nitrogens with one attached hydrogen (secondary N) is 1. The van der Waals surface area contributed by atoms with Crippen molar-refractivity contribution in [3.63, 3.8) is 0 Å².